The molecule has 5 nitrogen and oxygen atoms in total. The first-order valence-electron chi connectivity index (χ1n) is 5.94. The molecule has 0 amide bonds. The lowest BCUT2D eigenvalue weighted by Gasteiger charge is -2.09. The van der Waals surface area contributed by atoms with E-state index in [1.54, 1.807) is 26.7 Å². The number of fused-ring (bicyclic) bond motifs is 1. The Morgan fingerprint density at radius 3 is 2.65 bits per heavy atom. The van der Waals surface area contributed by atoms with Crippen LogP contribution in [0.1, 0.15) is 0 Å². The van der Waals surface area contributed by atoms with Gasteiger partial charge >= 0.3 is 0 Å². The van der Waals surface area contributed by atoms with Crippen molar-refractivity contribution in [1.29, 1.82) is 0 Å². The summed E-state index contributed by atoms with van der Waals surface area (Å²) < 4.78 is 12.3. The number of halogens is 1. The Morgan fingerprint density at radius 2 is 1.95 bits per heavy atom. The number of nitrogens with zero attached hydrogens (tertiary/aromatic N) is 3. The van der Waals surface area contributed by atoms with Crippen LogP contribution in [-0.2, 0) is 0 Å². The van der Waals surface area contributed by atoms with Crippen molar-refractivity contribution in [3.63, 3.8) is 0 Å². The van der Waals surface area contributed by atoms with Gasteiger partial charge in [-0.05, 0) is 24.3 Å². The van der Waals surface area contributed by atoms with Crippen LogP contribution >= 0.6 is 11.6 Å². The van der Waals surface area contributed by atoms with E-state index in [2.05, 4.69) is 9.97 Å². The standard InChI is InChI=1S/C14H12ClN3O2/c1-19-12-4-3-9(7-10(12)15)18-8-17-11-5-6-16-14(20-2)13(11)18/h3-8H,1-2H3. The van der Waals surface area contributed by atoms with Gasteiger partial charge < -0.3 is 9.47 Å². The van der Waals surface area contributed by atoms with E-state index in [1.165, 1.54) is 0 Å². The summed E-state index contributed by atoms with van der Waals surface area (Å²) in [6.45, 7) is 0. The molecule has 2 heterocycles. The summed E-state index contributed by atoms with van der Waals surface area (Å²) in [6, 6.07) is 7.36. The van der Waals surface area contributed by atoms with Gasteiger partial charge in [-0.3, -0.25) is 4.57 Å². The molecule has 0 unspecified atom stereocenters. The lowest BCUT2D eigenvalue weighted by atomic mass is 10.3. The Kier molecular flexibility index (Phi) is 3.20. The van der Waals surface area contributed by atoms with Crippen molar-refractivity contribution in [3.8, 4) is 17.3 Å². The zero-order valence-electron chi connectivity index (χ0n) is 11.0. The van der Waals surface area contributed by atoms with E-state index in [1.807, 2.05) is 28.8 Å². The molecule has 3 aromatic rings. The molecule has 0 radical (unpaired) electrons. The number of pyridine rings is 1. The second kappa shape index (κ2) is 5.02. The minimum Gasteiger partial charge on any atom is -0.495 e. The quantitative estimate of drug-likeness (QED) is 0.743. The third-order valence-corrected chi connectivity index (χ3v) is 3.32. The van der Waals surface area contributed by atoms with E-state index in [9.17, 15) is 0 Å². The highest BCUT2D eigenvalue weighted by Crippen LogP contribution is 2.30. The van der Waals surface area contributed by atoms with Gasteiger partial charge in [-0.1, -0.05) is 11.6 Å². The number of hydrogen-bond donors (Lipinski definition) is 0. The molecule has 102 valence electrons. The number of methoxy groups -OCH3 is 2. The fourth-order valence-corrected chi connectivity index (χ4v) is 2.34. The highest BCUT2D eigenvalue weighted by Gasteiger charge is 2.12. The Bertz CT molecular complexity index is 770. The van der Waals surface area contributed by atoms with E-state index >= 15 is 0 Å². The van der Waals surface area contributed by atoms with Crippen LogP contribution in [0.15, 0.2) is 36.8 Å². The molecule has 0 aliphatic carbocycles. The molecule has 0 fully saturated rings. The van der Waals surface area contributed by atoms with E-state index in [0.29, 0.717) is 16.7 Å². The number of ether oxygens (including phenoxy) is 2. The van der Waals surface area contributed by atoms with Gasteiger partial charge in [-0.25, -0.2) is 9.97 Å². The molecule has 0 spiro atoms. The molecule has 0 bridgehead atoms. The summed E-state index contributed by atoms with van der Waals surface area (Å²) in [5.41, 5.74) is 2.48. The molecular weight excluding hydrogens is 278 g/mol. The molecule has 3 rings (SSSR count). The van der Waals surface area contributed by atoms with Crippen molar-refractivity contribution >= 4 is 22.6 Å². The molecule has 0 aliphatic rings. The molecule has 2 aromatic heterocycles. The highest BCUT2D eigenvalue weighted by atomic mass is 35.5. The summed E-state index contributed by atoms with van der Waals surface area (Å²) in [4.78, 5) is 8.54. The average molecular weight is 290 g/mol. The zero-order valence-corrected chi connectivity index (χ0v) is 11.8. The number of hydrogen-bond acceptors (Lipinski definition) is 4. The number of benzene rings is 1. The first kappa shape index (κ1) is 12.7. The minimum absolute atomic E-state index is 0.520. The smallest absolute Gasteiger partial charge is 0.240 e. The largest absolute Gasteiger partial charge is 0.495 e. The zero-order chi connectivity index (χ0) is 14.1. The van der Waals surface area contributed by atoms with Gasteiger partial charge in [0.05, 0.1) is 24.8 Å². The van der Waals surface area contributed by atoms with Gasteiger partial charge in [0.15, 0.2) is 0 Å². The summed E-state index contributed by atoms with van der Waals surface area (Å²) in [5.74, 6) is 1.15. The minimum atomic E-state index is 0.520. The topological polar surface area (TPSA) is 49.2 Å². The highest BCUT2D eigenvalue weighted by molar-refractivity contribution is 6.32. The predicted octanol–water partition coefficient (Wildman–Crippen LogP) is 3.09. The van der Waals surface area contributed by atoms with Crippen molar-refractivity contribution in [2.45, 2.75) is 0 Å². The van der Waals surface area contributed by atoms with Gasteiger partial charge in [0.2, 0.25) is 5.88 Å². The second-order valence-corrected chi connectivity index (χ2v) is 4.53. The summed E-state index contributed by atoms with van der Waals surface area (Å²) in [7, 11) is 3.17. The van der Waals surface area contributed by atoms with Crippen LogP contribution in [0.5, 0.6) is 11.6 Å². The van der Waals surface area contributed by atoms with Crippen molar-refractivity contribution < 1.29 is 9.47 Å². The molecule has 20 heavy (non-hydrogen) atoms. The van der Waals surface area contributed by atoms with Crippen LogP contribution in [0, 0.1) is 0 Å². The molecule has 0 N–H and O–H groups in total. The molecule has 6 heteroatoms. The van der Waals surface area contributed by atoms with Gasteiger partial charge in [-0.2, -0.15) is 0 Å². The maximum Gasteiger partial charge on any atom is 0.240 e. The summed E-state index contributed by atoms with van der Waals surface area (Å²) in [5, 5.41) is 0.537. The van der Waals surface area contributed by atoms with Crippen molar-refractivity contribution in [2.24, 2.45) is 0 Å². The molecule has 0 atom stereocenters. The van der Waals surface area contributed by atoms with Crippen molar-refractivity contribution in [2.75, 3.05) is 14.2 Å². The van der Waals surface area contributed by atoms with Gasteiger partial charge in [-0.15, -0.1) is 0 Å². The maximum absolute atomic E-state index is 6.17. The van der Waals surface area contributed by atoms with Gasteiger partial charge in [0.1, 0.15) is 17.6 Å². The maximum atomic E-state index is 6.17. The third kappa shape index (κ3) is 1.96. The van der Waals surface area contributed by atoms with Crippen LogP contribution in [0.4, 0.5) is 0 Å². The van der Waals surface area contributed by atoms with E-state index in [-0.39, 0.29) is 0 Å². The molecule has 1 aromatic carbocycles. The van der Waals surface area contributed by atoms with Crippen LogP contribution in [-0.4, -0.2) is 28.8 Å². The van der Waals surface area contributed by atoms with Crippen LogP contribution in [0.3, 0.4) is 0 Å². The number of rotatable bonds is 3. The lowest BCUT2D eigenvalue weighted by molar-refractivity contribution is 0.402. The van der Waals surface area contributed by atoms with Crippen molar-refractivity contribution in [1.82, 2.24) is 14.5 Å². The first-order chi connectivity index (χ1) is 9.74. The molecular formula is C14H12ClN3O2. The molecule has 0 saturated heterocycles. The fourth-order valence-electron chi connectivity index (χ4n) is 2.08. The van der Waals surface area contributed by atoms with Gasteiger partial charge in [0, 0.05) is 11.9 Å². The second-order valence-electron chi connectivity index (χ2n) is 4.12. The Balaban J connectivity index is 2.22. The fraction of sp³-hybridized carbons (Fsp3) is 0.143. The van der Waals surface area contributed by atoms with Crippen LogP contribution in [0.2, 0.25) is 5.02 Å². The van der Waals surface area contributed by atoms with Crippen LogP contribution in [0.25, 0.3) is 16.7 Å². The Labute approximate surface area is 120 Å². The summed E-state index contributed by atoms with van der Waals surface area (Å²) in [6.07, 6.45) is 3.38. The van der Waals surface area contributed by atoms with E-state index in [4.69, 9.17) is 21.1 Å². The lowest BCUT2D eigenvalue weighted by Crippen LogP contribution is -1.96. The van der Waals surface area contributed by atoms with E-state index in [0.717, 1.165) is 16.7 Å². The van der Waals surface area contributed by atoms with E-state index < -0.39 is 0 Å². The molecule has 0 aliphatic heterocycles. The Morgan fingerprint density at radius 1 is 1.10 bits per heavy atom. The monoisotopic (exact) mass is 289 g/mol. The van der Waals surface area contributed by atoms with Crippen molar-refractivity contribution in [3.05, 3.63) is 41.8 Å². The molecule has 0 saturated carbocycles. The first-order valence-corrected chi connectivity index (χ1v) is 6.32. The van der Waals surface area contributed by atoms with Crippen LogP contribution < -0.4 is 9.47 Å². The average Bonchev–Trinajstić information content (AvgIpc) is 2.91. The summed E-state index contributed by atoms with van der Waals surface area (Å²) >= 11 is 6.17. The number of imidazole rings is 1. The normalized spacial score (nSPS) is 10.8. The Hall–Kier alpha value is -2.27. The third-order valence-electron chi connectivity index (χ3n) is 3.03. The number of aromatic nitrogens is 3. The predicted molar refractivity (Wildman–Crippen MR) is 77.0 cm³/mol. The SMILES string of the molecule is COc1ccc(-n2cnc3ccnc(OC)c32)cc1Cl. The van der Waals surface area contributed by atoms with Gasteiger partial charge in [0.25, 0.3) is 0 Å².